The van der Waals surface area contributed by atoms with E-state index in [-0.39, 0.29) is 18.7 Å². The SMILES string of the molecule is CSCc1nc(C(=O)NCCC(=O)O)cc(=O)[nH]1. The average molecular weight is 271 g/mol. The number of nitrogens with one attached hydrogen (secondary N) is 2. The predicted molar refractivity (Wildman–Crippen MR) is 66.7 cm³/mol. The van der Waals surface area contributed by atoms with Crippen LogP contribution in [0.25, 0.3) is 0 Å². The van der Waals surface area contributed by atoms with Gasteiger partial charge in [0.15, 0.2) is 0 Å². The van der Waals surface area contributed by atoms with Gasteiger partial charge in [0, 0.05) is 12.6 Å². The maximum absolute atomic E-state index is 11.6. The van der Waals surface area contributed by atoms with Crippen LogP contribution >= 0.6 is 11.8 Å². The fourth-order valence-electron chi connectivity index (χ4n) is 1.20. The lowest BCUT2D eigenvalue weighted by molar-refractivity contribution is -0.136. The van der Waals surface area contributed by atoms with Crippen LogP contribution in [0.1, 0.15) is 22.7 Å². The number of hydrogen-bond donors (Lipinski definition) is 3. The van der Waals surface area contributed by atoms with Gasteiger partial charge in [0.05, 0.1) is 12.2 Å². The van der Waals surface area contributed by atoms with Gasteiger partial charge in [0.2, 0.25) is 0 Å². The molecule has 0 unspecified atom stereocenters. The lowest BCUT2D eigenvalue weighted by atomic mass is 10.3. The second-order valence-electron chi connectivity index (χ2n) is 3.41. The molecule has 0 spiro atoms. The number of thioether (sulfide) groups is 1. The third kappa shape index (κ3) is 4.58. The van der Waals surface area contributed by atoms with Crippen molar-refractivity contribution in [3.8, 4) is 0 Å². The van der Waals surface area contributed by atoms with Gasteiger partial charge in [-0.25, -0.2) is 4.98 Å². The molecule has 0 atom stereocenters. The van der Waals surface area contributed by atoms with Crippen LogP contribution in [0.3, 0.4) is 0 Å². The summed E-state index contributed by atoms with van der Waals surface area (Å²) in [5.41, 5.74) is -0.411. The molecule has 0 saturated heterocycles. The van der Waals surface area contributed by atoms with Gasteiger partial charge in [-0.1, -0.05) is 0 Å². The average Bonchev–Trinajstić information content (AvgIpc) is 2.28. The van der Waals surface area contributed by atoms with Gasteiger partial charge in [0.1, 0.15) is 11.5 Å². The van der Waals surface area contributed by atoms with E-state index in [1.165, 1.54) is 11.8 Å². The quantitative estimate of drug-likeness (QED) is 0.662. The van der Waals surface area contributed by atoms with Gasteiger partial charge in [-0.2, -0.15) is 11.8 Å². The number of aromatic nitrogens is 2. The minimum atomic E-state index is -1.00. The van der Waals surface area contributed by atoms with E-state index >= 15 is 0 Å². The van der Waals surface area contributed by atoms with Crippen LogP contribution in [0.2, 0.25) is 0 Å². The zero-order valence-corrected chi connectivity index (χ0v) is 10.5. The smallest absolute Gasteiger partial charge is 0.305 e. The number of aliphatic carboxylic acids is 1. The molecule has 18 heavy (non-hydrogen) atoms. The standard InChI is InChI=1S/C10H13N3O4S/c1-18-5-7-12-6(4-8(14)13-7)10(17)11-3-2-9(15)16/h4H,2-3,5H2,1H3,(H,11,17)(H,15,16)(H,12,13,14). The Morgan fingerprint density at radius 1 is 1.56 bits per heavy atom. The summed E-state index contributed by atoms with van der Waals surface area (Å²) in [4.78, 5) is 39.7. The van der Waals surface area contributed by atoms with Crippen LogP contribution in [0.5, 0.6) is 0 Å². The molecular weight excluding hydrogens is 258 g/mol. The summed E-state index contributed by atoms with van der Waals surface area (Å²) < 4.78 is 0. The minimum absolute atomic E-state index is 0.000503. The molecule has 98 valence electrons. The number of amides is 1. The van der Waals surface area contributed by atoms with Crippen molar-refractivity contribution < 1.29 is 14.7 Å². The lowest BCUT2D eigenvalue weighted by Crippen LogP contribution is -2.28. The molecule has 0 radical (unpaired) electrons. The maximum Gasteiger partial charge on any atom is 0.305 e. The first-order valence-corrected chi connectivity index (χ1v) is 6.51. The fraction of sp³-hybridized carbons (Fsp3) is 0.400. The molecular formula is C10H13N3O4S. The van der Waals surface area contributed by atoms with E-state index < -0.39 is 17.4 Å². The van der Waals surface area contributed by atoms with E-state index in [1.807, 2.05) is 6.26 Å². The largest absolute Gasteiger partial charge is 0.481 e. The number of hydrogen-bond acceptors (Lipinski definition) is 5. The molecule has 1 rings (SSSR count). The Labute approximate surface area is 107 Å². The normalized spacial score (nSPS) is 10.1. The van der Waals surface area contributed by atoms with Gasteiger partial charge < -0.3 is 15.4 Å². The van der Waals surface area contributed by atoms with Gasteiger partial charge in [-0.05, 0) is 6.26 Å². The molecule has 1 amide bonds. The number of H-pyrrole nitrogens is 1. The molecule has 7 nitrogen and oxygen atoms in total. The zero-order valence-electron chi connectivity index (χ0n) is 9.73. The van der Waals surface area contributed by atoms with Crippen molar-refractivity contribution in [3.63, 3.8) is 0 Å². The van der Waals surface area contributed by atoms with Crippen LogP contribution in [0.15, 0.2) is 10.9 Å². The highest BCUT2D eigenvalue weighted by Crippen LogP contribution is 2.02. The number of rotatable bonds is 6. The van der Waals surface area contributed by atoms with E-state index in [0.29, 0.717) is 11.6 Å². The van der Waals surface area contributed by atoms with Crippen molar-refractivity contribution in [2.75, 3.05) is 12.8 Å². The molecule has 1 aromatic rings. The third-order valence-electron chi connectivity index (χ3n) is 1.93. The number of carbonyl (C=O) groups is 2. The lowest BCUT2D eigenvalue weighted by Gasteiger charge is -2.04. The van der Waals surface area contributed by atoms with E-state index in [9.17, 15) is 14.4 Å². The van der Waals surface area contributed by atoms with Crippen LogP contribution in [0, 0.1) is 0 Å². The highest BCUT2D eigenvalue weighted by atomic mass is 32.2. The molecule has 1 heterocycles. The van der Waals surface area contributed by atoms with Crippen molar-refractivity contribution in [2.24, 2.45) is 0 Å². The molecule has 8 heteroatoms. The van der Waals surface area contributed by atoms with E-state index in [2.05, 4.69) is 15.3 Å². The Balaban J connectivity index is 2.72. The number of nitrogens with zero attached hydrogens (tertiary/aromatic N) is 1. The predicted octanol–water partition coefficient (Wildman–Crippen LogP) is -0.163. The second-order valence-corrected chi connectivity index (χ2v) is 4.28. The van der Waals surface area contributed by atoms with Crippen molar-refractivity contribution in [1.29, 1.82) is 0 Å². The number of carboxylic acids is 1. The Morgan fingerprint density at radius 2 is 2.28 bits per heavy atom. The van der Waals surface area contributed by atoms with Crippen molar-refractivity contribution >= 4 is 23.6 Å². The Hall–Kier alpha value is -1.83. The Bertz CT molecular complexity index is 500. The summed E-state index contributed by atoms with van der Waals surface area (Å²) in [6, 6.07) is 1.08. The first-order chi connectivity index (χ1) is 8.52. The van der Waals surface area contributed by atoms with Crippen molar-refractivity contribution in [3.05, 3.63) is 27.9 Å². The molecule has 0 aliphatic heterocycles. The molecule has 0 saturated carbocycles. The summed E-state index contributed by atoms with van der Waals surface area (Å²) in [5, 5.41) is 10.8. The Kier molecular flexibility index (Phi) is 5.37. The van der Waals surface area contributed by atoms with E-state index in [4.69, 9.17) is 5.11 Å². The molecule has 0 aliphatic carbocycles. The molecule has 0 aromatic carbocycles. The molecule has 3 N–H and O–H groups in total. The van der Waals surface area contributed by atoms with Crippen LogP contribution in [0.4, 0.5) is 0 Å². The second kappa shape index (κ2) is 6.80. The van der Waals surface area contributed by atoms with Crippen LogP contribution < -0.4 is 10.9 Å². The summed E-state index contributed by atoms with van der Waals surface area (Å²) in [7, 11) is 0. The Morgan fingerprint density at radius 3 is 2.89 bits per heavy atom. The van der Waals surface area contributed by atoms with Gasteiger partial charge in [-0.3, -0.25) is 14.4 Å². The first kappa shape index (κ1) is 14.2. The van der Waals surface area contributed by atoms with Crippen molar-refractivity contribution in [1.82, 2.24) is 15.3 Å². The minimum Gasteiger partial charge on any atom is -0.481 e. The highest BCUT2D eigenvalue weighted by Gasteiger charge is 2.10. The summed E-state index contributed by atoms with van der Waals surface area (Å²) in [6.45, 7) is 0.000503. The summed E-state index contributed by atoms with van der Waals surface area (Å²) in [5.74, 6) is -0.647. The maximum atomic E-state index is 11.6. The number of aromatic amines is 1. The van der Waals surface area contributed by atoms with Gasteiger partial charge in [0.25, 0.3) is 11.5 Å². The number of carboxylic acid groups (broad SMARTS) is 1. The molecule has 0 fully saturated rings. The summed E-state index contributed by atoms with van der Waals surface area (Å²) >= 11 is 1.46. The van der Waals surface area contributed by atoms with Crippen LogP contribution in [-0.4, -0.2) is 39.8 Å². The first-order valence-electron chi connectivity index (χ1n) is 5.12. The van der Waals surface area contributed by atoms with Gasteiger partial charge in [-0.15, -0.1) is 0 Å². The zero-order chi connectivity index (χ0) is 13.5. The monoisotopic (exact) mass is 271 g/mol. The molecule has 0 aliphatic rings. The topological polar surface area (TPSA) is 112 Å². The van der Waals surface area contributed by atoms with Crippen LogP contribution in [-0.2, 0) is 10.5 Å². The third-order valence-corrected chi connectivity index (χ3v) is 2.49. The molecule has 1 aromatic heterocycles. The highest BCUT2D eigenvalue weighted by molar-refractivity contribution is 7.97. The number of carbonyl (C=O) groups excluding carboxylic acids is 1. The van der Waals surface area contributed by atoms with Crippen molar-refractivity contribution in [2.45, 2.75) is 12.2 Å². The fourth-order valence-corrected chi connectivity index (χ4v) is 1.61. The molecule has 0 bridgehead atoms. The van der Waals surface area contributed by atoms with E-state index in [0.717, 1.165) is 6.07 Å². The van der Waals surface area contributed by atoms with Gasteiger partial charge >= 0.3 is 5.97 Å². The summed E-state index contributed by atoms with van der Waals surface area (Å²) in [6.07, 6.45) is 1.67. The van der Waals surface area contributed by atoms with E-state index in [1.54, 1.807) is 0 Å².